The van der Waals surface area contributed by atoms with Crippen LogP contribution in [0.1, 0.15) is 5.56 Å². The Morgan fingerprint density at radius 2 is 2.24 bits per heavy atom. The molecule has 0 atom stereocenters. The maximum absolute atomic E-state index is 11.8. The highest BCUT2D eigenvalue weighted by Gasteiger charge is 2.08. The first kappa shape index (κ1) is 17.5. The number of nitrogens with one attached hydrogen (secondary N) is 1. The molecule has 1 aromatic heterocycles. The molecule has 2 aromatic carbocycles. The van der Waals surface area contributed by atoms with Gasteiger partial charge in [-0.3, -0.25) is 4.79 Å². The Balaban J connectivity index is 1.51. The first-order chi connectivity index (χ1) is 12.2. The summed E-state index contributed by atoms with van der Waals surface area (Å²) in [6, 6.07) is 13.0. The minimum atomic E-state index is -0.240. The Labute approximate surface area is 156 Å². The third-order valence-corrected chi connectivity index (χ3v) is 4.63. The van der Waals surface area contributed by atoms with Crippen LogP contribution in [0.25, 0.3) is 11.1 Å². The number of ether oxygens (including phenoxy) is 1. The topological polar surface area (TPSA) is 76.7 Å². The standard InChI is InChI=1S/C17H14BrN3O3S/c1-23-14-7-6-11(8-12(14)18)9-19-21-16(22)10-25-17-20-13-4-2-3-5-15(13)24-17/h2-9H,10H2,1H3,(H,21,22)/b19-9-. The maximum atomic E-state index is 11.8. The Bertz CT molecular complexity index is 893. The van der Waals surface area contributed by atoms with Crippen molar-refractivity contribution in [3.8, 4) is 5.75 Å². The average Bonchev–Trinajstić information content (AvgIpc) is 3.03. The van der Waals surface area contributed by atoms with Gasteiger partial charge in [0.05, 0.1) is 23.5 Å². The Kier molecular flexibility index (Phi) is 5.72. The normalized spacial score (nSPS) is 11.1. The van der Waals surface area contributed by atoms with E-state index in [4.69, 9.17) is 9.15 Å². The Morgan fingerprint density at radius 1 is 1.40 bits per heavy atom. The minimum Gasteiger partial charge on any atom is -0.496 e. The van der Waals surface area contributed by atoms with Crippen molar-refractivity contribution in [3.63, 3.8) is 0 Å². The van der Waals surface area contributed by atoms with Crippen LogP contribution in [0.2, 0.25) is 0 Å². The second kappa shape index (κ2) is 8.17. The van der Waals surface area contributed by atoms with E-state index < -0.39 is 0 Å². The summed E-state index contributed by atoms with van der Waals surface area (Å²) in [6.45, 7) is 0. The third kappa shape index (κ3) is 4.61. The SMILES string of the molecule is COc1ccc(/C=N\NC(=O)CSc2nc3ccccc3o2)cc1Br. The molecular weight excluding hydrogens is 406 g/mol. The predicted molar refractivity (Wildman–Crippen MR) is 101 cm³/mol. The predicted octanol–water partition coefficient (Wildman–Crippen LogP) is 3.84. The van der Waals surface area contributed by atoms with Crippen molar-refractivity contribution in [2.75, 3.05) is 12.9 Å². The largest absolute Gasteiger partial charge is 0.496 e. The zero-order chi connectivity index (χ0) is 17.6. The van der Waals surface area contributed by atoms with E-state index in [9.17, 15) is 4.79 Å². The number of benzene rings is 2. The summed E-state index contributed by atoms with van der Waals surface area (Å²) in [5.74, 6) is 0.656. The number of amides is 1. The number of aromatic nitrogens is 1. The third-order valence-electron chi connectivity index (χ3n) is 3.18. The highest BCUT2D eigenvalue weighted by Crippen LogP contribution is 2.25. The molecular formula is C17H14BrN3O3S. The number of hydrazone groups is 1. The number of methoxy groups -OCH3 is 1. The summed E-state index contributed by atoms with van der Waals surface area (Å²) in [4.78, 5) is 16.1. The summed E-state index contributed by atoms with van der Waals surface area (Å²) in [5.41, 5.74) is 4.78. The van der Waals surface area contributed by atoms with Gasteiger partial charge in [0, 0.05) is 0 Å². The van der Waals surface area contributed by atoms with Crippen LogP contribution in [0.3, 0.4) is 0 Å². The van der Waals surface area contributed by atoms with Gasteiger partial charge in [0.2, 0.25) is 0 Å². The molecule has 1 amide bonds. The average molecular weight is 420 g/mol. The van der Waals surface area contributed by atoms with E-state index in [2.05, 4.69) is 31.4 Å². The minimum absolute atomic E-state index is 0.163. The summed E-state index contributed by atoms with van der Waals surface area (Å²) in [5, 5.41) is 4.40. The molecule has 0 saturated carbocycles. The van der Waals surface area contributed by atoms with Gasteiger partial charge in [0.25, 0.3) is 11.1 Å². The Hall–Kier alpha value is -2.32. The molecule has 0 saturated heterocycles. The number of hydrogen-bond acceptors (Lipinski definition) is 6. The van der Waals surface area contributed by atoms with E-state index in [0.29, 0.717) is 10.8 Å². The van der Waals surface area contributed by atoms with Crippen molar-refractivity contribution < 1.29 is 13.9 Å². The second-order valence-corrected chi connectivity index (χ2v) is 6.70. The monoisotopic (exact) mass is 419 g/mol. The van der Waals surface area contributed by atoms with Crippen LogP contribution in [0.15, 0.2) is 61.7 Å². The van der Waals surface area contributed by atoms with Crippen molar-refractivity contribution in [3.05, 3.63) is 52.5 Å². The van der Waals surface area contributed by atoms with Crippen LogP contribution in [0, 0.1) is 0 Å². The molecule has 6 nitrogen and oxygen atoms in total. The molecule has 0 fully saturated rings. The molecule has 0 spiro atoms. The smallest absolute Gasteiger partial charge is 0.257 e. The molecule has 8 heteroatoms. The lowest BCUT2D eigenvalue weighted by molar-refractivity contribution is -0.118. The van der Waals surface area contributed by atoms with E-state index in [-0.39, 0.29) is 11.7 Å². The summed E-state index contributed by atoms with van der Waals surface area (Å²) in [7, 11) is 1.60. The number of thioether (sulfide) groups is 1. The number of nitrogens with zero attached hydrogens (tertiary/aromatic N) is 2. The van der Waals surface area contributed by atoms with Crippen LogP contribution in [0.5, 0.6) is 5.75 Å². The number of hydrogen-bond donors (Lipinski definition) is 1. The molecule has 0 aliphatic carbocycles. The van der Waals surface area contributed by atoms with Crippen molar-refractivity contribution in [2.45, 2.75) is 5.22 Å². The lowest BCUT2D eigenvalue weighted by Gasteiger charge is -2.03. The van der Waals surface area contributed by atoms with Gasteiger partial charge in [-0.1, -0.05) is 23.9 Å². The van der Waals surface area contributed by atoms with Gasteiger partial charge in [-0.05, 0) is 51.8 Å². The lowest BCUT2D eigenvalue weighted by atomic mass is 10.2. The van der Waals surface area contributed by atoms with Gasteiger partial charge in [0.15, 0.2) is 5.58 Å². The number of carbonyl (C=O) groups is 1. The molecule has 0 bridgehead atoms. The number of oxazole rings is 1. The molecule has 25 heavy (non-hydrogen) atoms. The van der Waals surface area contributed by atoms with Gasteiger partial charge in [-0.15, -0.1) is 0 Å². The van der Waals surface area contributed by atoms with Gasteiger partial charge < -0.3 is 9.15 Å². The van der Waals surface area contributed by atoms with Crippen LogP contribution in [0.4, 0.5) is 0 Å². The number of rotatable bonds is 6. The zero-order valence-electron chi connectivity index (χ0n) is 13.2. The fourth-order valence-electron chi connectivity index (χ4n) is 2.01. The molecule has 1 N–H and O–H groups in total. The maximum Gasteiger partial charge on any atom is 0.257 e. The van der Waals surface area contributed by atoms with Crippen molar-refractivity contribution in [2.24, 2.45) is 5.10 Å². The molecule has 0 radical (unpaired) electrons. The van der Waals surface area contributed by atoms with Crippen molar-refractivity contribution in [1.29, 1.82) is 0 Å². The fraction of sp³-hybridized carbons (Fsp3) is 0.118. The lowest BCUT2D eigenvalue weighted by Crippen LogP contribution is -2.19. The first-order valence-corrected chi connectivity index (χ1v) is 9.07. The number of para-hydroxylation sites is 2. The van der Waals surface area contributed by atoms with Crippen molar-refractivity contribution in [1.82, 2.24) is 10.4 Å². The van der Waals surface area contributed by atoms with E-state index in [0.717, 1.165) is 21.3 Å². The molecule has 3 aromatic rings. The summed E-state index contributed by atoms with van der Waals surface area (Å²) < 4.78 is 11.5. The molecule has 128 valence electrons. The molecule has 0 aliphatic heterocycles. The van der Waals surface area contributed by atoms with Crippen molar-refractivity contribution >= 4 is 50.9 Å². The van der Waals surface area contributed by atoms with Gasteiger partial charge in [0.1, 0.15) is 11.3 Å². The first-order valence-electron chi connectivity index (χ1n) is 7.29. The van der Waals surface area contributed by atoms with E-state index in [1.165, 1.54) is 11.8 Å². The Morgan fingerprint density at radius 3 is 3.00 bits per heavy atom. The molecule has 0 unspecified atom stereocenters. The number of halogens is 1. The van der Waals surface area contributed by atoms with Gasteiger partial charge >= 0.3 is 0 Å². The molecule has 1 heterocycles. The van der Waals surface area contributed by atoms with Crippen LogP contribution in [-0.2, 0) is 4.79 Å². The molecule has 0 aliphatic rings. The van der Waals surface area contributed by atoms with Crippen LogP contribution in [-0.4, -0.2) is 30.0 Å². The van der Waals surface area contributed by atoms with Crippen LogP contribution < -0.4 is 10.2 Å². The quantitative estimate of drug-likeness (QED) is 0.373. The van der Waals surface area contributed by atoms with Crippen LogP contribution >= 0.6 is 27.7 Å². The van der Waals surface area contributed by atoms with Gasteiger partial charge in [-0.25, -0.2) is 10.4 Å². The second-order valence-electron chi connectivity index (χ2n) is 4.92. The fourth-order valence-corrected chi connectivity index (χ4v) is 3.20. The van der Waals surface area contributed by atoms with Gasteiger partial charge in [-0.2, -0.15) is 5.10 Å². The summed E-state index contributed by atoms with van der Waals surface area (Å²) >= 11 is 4.62. The number of carbonyl (C=O) groups excluding carboxylic acids is 1. The highest BCUT2D eigenvalue weighted by atomic mass is 79.9. The number of fused-ring (bicyclic) bond motifs is 1. The van der Waals surface area contributed by atoms with E-state index >= 15 is 0 Å². The molecule has 3 rings (SSSR count). The summed E-state index contributed by atoms with van der Waals surface area (Å²) in [6.07, 6.45) is 1.56. The highest BCUT2D eigenvalue weighted by molar-refractivity contribution is 9.10. The zero-order valence-corrected chi connectivity index (χ0v) is 15.6. The van der Waals surface area contributed by atoms with E-state index in [1.807, 2.05) is 42.5 Å². The van der Waals surface area contributed by atoms with E-state index in [1.54, 1.807) is 13.3 Å².